The molecule has 0 saturated carbocycles. The van der Waals surface area contributed by atoms with Crippen molar-refractivity contribution in [2.75, 3.05) is 39.8 Å². The zero-order chi connectivity index (χ0) is 21.5. The summed E-state index contributed by atoms with van der Waals surface area (Å²) in [6, 6.07) is 13.0. The SMILES string of the molecule is CN=C(NCC1CCCOC1c1ccc(C)cc1)NCC(c1ccco1)N1CCCC1.I. The van der Waals surface area contributed by atoms with Crippen LogP contribution in [0.5, 0.6) is 0 Å². The van der Waals surface area contributed by atoms with E-state index >= 15 is 0 Å². The number of likely N-dealkylation sites (tertiary alicyclic amines) is 1. The lowest BCUT2D eigenvalue weighted by atomic mass is 9.89. The maximum absolute atomic E-state index is 6.18. The second kappa shape index (κ2) is 12.6. The van der Waals surface area contributed by atoms with E-state index in [4.69, 9.17) is 9.15 Å². The second-order valence-corrected chi connectivity index (χ2v) is 8.71. The van der Waals surface area contributed by atoms with Crippen LogP contribution in [0.1, 0.15) is 54.7 Å². The molecule has 3 unspecified atom stereocenters. The van der Waals surface area contributed by atoms with Crippen LogP contribution >= 0.6 is 24.0 Å². The molecule has 4 rings (SSSR count). The van der Waals surface area contributed by atoms with Crippen molar-refractivity contribution in [3.8, 4) is 0 Å². The molecule has 0 amide bonds. The second-order valence-electron chi connectivity index (χ2n) is 8.71. The number of furan rings is 1. The van der Waals surface area contributed by atoms with Gasteiger partial charge in [0.1, 0.15) is 5.76 Å². The van der Waals surface area contributed by atoms with Crippen LogP contribution in [-0.4, -0.2) is 50.7 Å². The number of hydrogen-bond acceptors (Lipinski definition) is 4. The molecule has 0 spiro atoms. The summed E-state index contributed by atoms with van der Waals surface area (Å²) in [7, 11) is 1.84. The fourth-order valence-corrected chi connectivity index (χ4v) is 4.76. The molecule has 176 valence electrons. The number of rotatable bonds is 7. The first-order valence-corrected chi connectivity index (χ1v) is 11.6. The molecule has 0 aliphatic carbocycles. The van der Waals surface area contributed by atoms with Gasteiger partial charge in [-0.15, -0.1) is 24.0 Å². The molecule has 2 saturated heterocycles. The third-order valence-electron chi connectivity index (χ3n) is 6.52. The van der Waals surface area contributed by atoms with Crippen molar-refractivity contribution in [2.45, 2.75) is 44.8 Å². The lowest BCUT2D eigenvalue weighted by Crippen LogP contribution is -2.45. The zero-order valence-corrected chi connectivity index (χ0v) is 21.6. The lowest BCUT2D eigenvalue weighted by Gasteiger charge is -2.33. The van der Waals surface area contributed by atoms with Crippen molar-refractivity contribution >= 4 is 29.9 Å². The minimum absolute atomic E-state index is 0. The number of aryl methyl sites for hydroxylation is 1. The molecule has 1 aromatic heterocycles. The van der Waals surface area contributed by atoms with Crippen molar-refractivity contribution in [3.05, 3.63) is 59.5 Å². The van der Waals surface area contributed by atoms with Gasteiger partial charge in [0.2, 0.25) is 0 Å². The Morgan fingerprint density at radius 2 is 1.91 bits per heavy atom. The van der Waals surface area contributed by atoms with Gasteiger partial charge in [-0.1, -0.05) is 29.8 Å². The highest BCUT2D eigenvalue weighted by atomic mass is 127. The number of benzene rings is 1. The van der Waals surface area contributed by atoms with Crippen molar-refractivity contribution < 1.29 is 9.15 Å². The number of nitrogens with one attached hydrogen (secondary N) is 2. The number of aliphatic imine (C=N–C) groups is 1. The van der Waals surface area contributed by atoms with Crippen LogP contribution in [0.3, 0.4) is 0 Å². The van der Waals surface area contributed by atoms with E-state index in [-0.39, 0.29) is 36.1 Å². The van der Waals surface area contributed by atoms with E-state index in [0.29, 0.717) is 5.92 Å². The van der Waals surface area contributed by atoms with E-state index in [1.807, 2.05) is 13.1 Å². The average molecular weight is 553 g/mol. The van der Waals surface area contributed by atoms with Gasteiger partial charge in [-0.25, -0.2) is 0 Å². The standard InChI is InChI=1S/C25H36N4O2.HI/c1-19-9-11-20(12-10-19)24-21(7-5-16-31-24)17-27-25(26-2)28-18-22(23-8-6-15-30-23)29-13-3-4-14-29;/h6,8-12,15,21-22,24H,3-5,7,13-14,16-18H2,1-2H3,(H2,26,27,28);1H. The Kier molecular flexibility index (Phi) is 9.87. The van der Waals surface area contributed by atoms with Crippen LogP contribution in [0.15, 0.2) is 52.1 Å². The summed E-state index contributed by atoms with van der Waals surface area (Å²) < 4.78 is 11.9. The first kappa shape index (κ1) is 25.1. The lowest BCUT2D eigenvalue weighted by molar-refractivity contribution is -0.0265. The Hall–Kier alpha value is -1.58. The molecular formula is C25H37IN4O2. The van der Waals surface area contributed by atoms with E-state index in [1.165, 1.54) is 24.0 Å². The van der Waals surface area contributed by atoms with Crippen molar-refractivity contribution in [2.24, 2.45) is 10.9 Å². The molecule has 3 heterocycles. The number of halogens is 1. The summed E-state index contributed by atoms with van der Waals surface area (Å²) in [5, 5.41) is 7.08. The number of guanidine groups is 1. The smallest absolute Gasteiger partial charge is 0.191 e. The van der Waals surface area contributed by atoms with E-state index in [2.05, 4.69) is 57.8 Å². The molecule has 2 aliphatic rings. The number of hydrogen-bond donors (Lipinski definition) is 2. The fraction of sp³-hybridized carbons (Fsp3) is 0.560. The summed E-state index contributed by atoms with van der Waals surface area (Å²) in [6.07, 6.45) is 6.68. The summed E-state index contributed by atoms with van der Waals surface area (Å²) in [6.45, 7) is 6.82. The third kappa shape index (κ3) is 6.48. The van der Waals surface area contributed by atoms with Crippen molar-refractivity contribution in [3.63, 3.8) is 0 Å². The van der Waals surface area contributed by atoms with E-state index in [1.54, 1.807) is 6.26 Å². The van der Waals surface area contributed by atoms with E-state index in [0.717, 1.165) is 57.3 Å². The predicted octanol–water partition coefficient (Wildman–Crippen LogP) is 4.68. The van der Waals surface area contributed by atoms with Crippen molar-refractivity contribution in [1.29, 1.82) is 0 Å². The van der Waals surface area contributed by atoms with E-state index < -0.39 is 0 Å². The monoisotopic (exact) mass is 552 g/mol. The maximum Gasteiger partial charge on any atom is 0.191 e. The summed E-state index contributed by atoms with van der Waals surface area (Å²) in [5.74, 6) is 2.28. The van der Waals surface area contributed by atoms with Gasteiger partial charge < -0.3 is 19.8 Å². The largest absolute Gasteiger partial charge is 0.468 e. The van der Waals surface area contributed by atoms with Crippen molar-refractivity contribution in [1.82, 2.24) is 15.5 Å². The summed E-state index contributed by atoms with van der Waals surface area (Å²) >= 11 is 0. The normalized spacial score (nSPS) is 22.9. The van der Waals surface area contributed by atoms with Crippen LogP contribution in [-0.2, 0) is 4.74 Å². The highest BCUT2D eigenvalue weighted by Gasteiger charge is 2.28. The minimum atomic E-state index is 0. The van der Waals surface area contributed by atoms with Gasteiger partial charge in [0, 0.05) is 32.7 Å². The molecular weight excluding hydrogens is 515 g/mol. The van der Waals surface area contributed by atoms with Gasteiger partial charge in [-0.3, -0.25) is 9.89 Å². The predicted molar refractivity (Wildman–Crippen MR) is 140 cm³/mol. The molecule has 0 bridgehead atoms. The summed E-state index contributed by atoms with van der Waals surface area (Å²) in [5.41, 5.74) is 2.55. The molecule has 1 aromatic carbocycles. The Morgan fingerprint density at radius 1 is 1.12 bits per heavy atom. The number of nitrogens with zero attached hydrogens (tertiary/aromatic N) is 2. The zero-order valence-electron chi connectivity index (χ0n) is 19.3. The molecule has 2 fully saturated rings. The number of ether oxygens (including phenoxy) is 1. The average Bonchev–Trinajstić information content (AvgIpc) is 3.52. The van der Waals surface area contributed by atoms with E-state index in [9.17, 15) is 0 Å². The van der Waals surface area contributed by atoms with Gasteiger partial charge in [0.15, 0.2) is 5.96 Å². The fourth-order valence-electron chi connectivity index (χ4n) is 4.76. The molecule has 2 aliphatic heterocycles. The topological polar surface area (TPSA) is 62.0 Å². The maximum atomic E-state index is 6.18. The van der Waals surface area contributed by atoms with Gasteiger partial charge in [0.25, 0.3) is 0 Å². The van der Waals surface area contributed by atoms with Crippen LogP contribution in [0, 0.1) is 12.8 Å². The van der Waals surface area contributed by atoms with Gasteiger partial charge >= 0.3 is 0 Å². The molecule has 6 nitrogen and oxygen atoms in total. The highest BCUT2D eigenvalue weighted by molar-refractivity contribution is 14.0. The van der Waals surface area contributed by atoms with Gasteiger partial charge in [-0.2, -0.15) is 0 Å². The molecule has 32 heavy (non-hydrogen) atoms. The molecule has 7 heteroatoms. The minimum Gasteiger partial charge on any atom is -0.468 e. The molecule has 3 atom stereocenters. The van der Waals surface area contributed by atoms with Gasteiger partial charge in [0.05, 0.1) is 18.4 Å². The summed E-state index contributed by atoms with van der Waals surface area (Å²) in [4.78, 5) is 6.97. The Bertz CT molecular complexity index is 819. The van der Waals surface area contributed by atoms with Crippen LogP contribution in [0.25, 0.3) is 0 Å². The van der Waals surface area contributed by atoms with Crippen LogP contribution < -0.4 is 10.6 Å². The van der Waals surface area contributed by atoms with Gasteiger partial charge in [-0.05, 0) is 63.4 Å². The van der Waals surface area contributed by atoms with Crippen LogP contribution in [0.4, 0.5) is 0 Å². The highest BCUT2D eigenvalue weighted by Crippen LogP contribution is 2.33. The third-order valence-corrected chi connectivity index (χ3v) is 6.52. The Balaban J connectivity index is 0.00000289. The Labute approximate surface area is 209 Å². The molecule has 2 N–H and O–H groups in total. The molecule has 0 radical (unpaired) electrons. The molecule has 2 aromatic rings. The first-order chi connectivity index (χ1) is 15.2. The quantitative estimate of drug-likeness (QED) is 0.297. The van der Waals surface area contributed by atoms with Crippen LogP contribution in [0.2, 0.25) is 0 Å². The first-order valence-electron chi connectivity index (χ1n) is 11.6. The Morgan fingerprint density at radius 3 is 2.59 bits per heavy atom.